The first-order chi connectivity index (χ1) is 10.1. The number of nitrogens with one attached hydrogen (secondary N) is 1. The second kappa shape index (κ2) is 7.56. The SMILES string of the molecule is O=C(O)C[C@@H](NC(=O)[C@@H]1CCCOC1)c1ccc(Br)cc1. The van der Waals surface area contributed by atoms with Crippen molar-refractivity contribution in [2.45, 2.75) is 25.3 Å². The number of carboxylic acids is 1. The first kappa shape index (κ1) is 16.0. The summed E-state index contributed by atoms with van der Waals surface area (Å²) in [6.45, 7) is 1.10. The van der Waals surface area contributed by atoms with Crippen LogP contribution in [0.4, 0.5) is 0 Å². The molecule has 2 rings (SSSR count). The molecule has 0 aromatic heterocycles. The molecule has 0 saturated carbocycles. The van der Waals surface area contributed by atoms with Gasteiger partial charge in [0.05, 0.1) is 25.0 Å². The lowest BCUT2D eigenvalue weighted by Crippen LogP contribution is -2.38. The predicted octanol–water partition coefficient (Wildman–Crippen LogP) is 2.51. The summed E-state index contributed by atoms with van der Waals surface area (Å²) in [4.78, 5) is 23.3. The van der Waals surface area contributed by atoms with Crippen molar-refractivity contribution in [3.63, 3.8) is 0 Å². The molecule has 1 saturated heterocycles. The van der Waals surface area contributed by atoms with E-state index in [1.54, 1.807) is 0 Å². The minimum atomic E-state index is -0.942. The van der Waals surface area contributed by atoms with Gasteiger partial charge in [-0.2, -0.15) is 0 Å². The van der Waals surface area contributed by atoms with Crippen molar-refractivity contribution in [2.75, 3.05) is 13.2 Å². The number of halogens is 1. The fourth-order valence-electron chi connectivity index (χ4n) is 2.36. The van der Waals surface area contributed by atoms with Crippen LogP contribution < -0.4 is 5.32 Å². The van der Waals surface area contributed by atoms with Crippen molar-refractivity contribution in [2.24, 2.45) is 5.92 Å². The maximum Gasteiger partial charge on any atom is 0.305 e. The van der Waals surface area contributed by atoms with Gasteiger partial charge in [0.15, 0.2) is 0 Å². The van der Waals surface area contributed by atoms with Gasteiger partial charge < -0.3 is 15.2 Å². The maximum atomic E-state index is 12.2. The second-order valence-corrected chi connectivity index (χ2v) is 6.04. The third-order valence-corrected chi connectivity index (χ3v) is 4.03. The Morgan fingerprint density at radius 3 is 2.67 bits per heavy atom. The van der Waals surface area contributed by atoms with Gasteiger partial charge in [0.25, 0.3) is 0 Å². The molecule has 0 aliphatic carbocycles. The molecule has 0 spiro atoms. The van der Waals surface area contributed by atoms with E-state index < -0.39 is 12.0 Å². The lowest BCUT2D eigenvalue weighted by atomic mass is 9.98. The average molecular weight is 356 g/mol. The normalized spacial score (nSPS) is 19.8. The van der Waals surface area contributed by atoms with Crippen LogP contribution in [-0.2, 0) is 14.3 Å². The lowest BCUT2D eigenvalue weighted by molar-refractivity contribution is -0.138. The van der Waals surface area contributed by atoms with Crippen molar-refractivity contribution >= 4 is 27.8 Å². The van der Waals surface area contributed by atoms with Crippen LogP contribution in [0.5, 0.6) is 0 Å². The molecule has 1 aliphatic heterocycles. The predicted molar refractivity (Wildman–Crippen MR) is 80.8 cm³/mol. The van der Waals surface area contributed by atoms with Gasteiger partial charge in [-0.3, -0.25) is 9.59 Å². The molecule has 2 atom stereocenters. The van der Waals surface area contributed by atoms with E-state index in [4.69, 9.17) is 9.84 Å². The summed E-state index contributed by atoms with van der Waals surface area (Å²) < 4.78 is 6.21. The Hall–Kier alpha value is -1.40. The number of carbonyl (C=O) groups excluding carboxylic acids is 1. The lowest BCUT2D eigenvalue weighted by Gasteiger charge is -2.24. The van der Waals surface area contributed by atoms with Gasteiger partial charge in [-0.15, -0.1) is 0 Å². The van der Waals surface area contributed by atoms with Crippen LogP contribution in [0.25, 0.3) is 0 Å². The number of amides is 1. The fraction of sp³-hybridized carbons (Fsp3) is 0.467. The van der Waals surface area contributed by atoms with E-state index in [9.17, 15) is 9.59 Å². The molecule has 1 heterocycles. The number of carbonyl (C=O) groups is 2. The Morgan fingerprint density at radius 1 is 1.38 bits per heavy atom. The number of hydrogen-bond donors (Lipinski definition) is 2. The molecule has 6 heteroatoms. The van der Waals surface area contributed by atoms with E-state index in [1.807, 2.05) is 24.3 Å². The Labute approximate surface area is 131 Å². The highest BCUT2D eigenvalue weighted by Crippen LogP contribution is 2.22. The number of hydrogen-bond acceptors (Lipinski definition) is 3. The zero-order chi connectivity index (χ0) is 15.2. The van der Waals surface area contributed by atoms with Gasteiger partial charge in [-0.25, -0.2) is 0 Å². The number of ether oxygens (including phenoxy) is 1. The molecule has 1 aromatic rings. The third kappa shape index (κ3) is 4.82. The van der Waals surface area contributed by atoms with Gasteiger partial charge in [-0.05, 0) is 30.5 Å². The average Bonchev–Trinajstić information content (AvgIpc) is 2.48. The van der Waals surface area contributed by atoms with E-state index in [2.05, 4.69) is 21.2 Å². The summed E-state index contributed by atoms with van der Waals surface area (Å²) in [5, 5.41) is 11.9. The van der Waals surface area contributed by atoms with Crippen molar-refractivity contribution in [1.82, 2.24) is 5.32 Å². The zero-order valence-electron chi connectivity index (χ0n) is 11.5. The second-order valence-electron chi connectivity index (χ2n) is 5.12. The van der Waals surface area contributed by atoms with E-state index in [0.717, 1.165) is 22.9 Å². The van der Waals surface area contributed by atoms with Gasteiger partial charge in [-0.1, -0.05) is 28.1 Å². The van der Waals surface area contributed by atoms with E-state index in [0.29, 0.717) is 13.2 Å². The summed E-state index contributed by atoms with van der Waals surface area (Å²) in [7, 11) is 0. The summed E-state index contributed by atoms with van der Waals surface area (Å²) in [6, 6.07) is 6.77. The number of aliphatic carboxylic acids is 1. The molecule has 114 valence electrons. The van der Waals surface area contributed by atoms with E-state index >= 15 is 0 Å². The third-order valence-electron chi connectivity index (χ3n) is 3.50. The van der Waals surface area contributed by atoms with Crippen LogP contribution in [0.1, 0.15) is 30.9 Å². The molecule has 1 fully saturated rings. The highest BCUT2D eigenvalue weighted by Gasteiger charge is 2.25. The van der Waals surface area contributed by atoms with E-state index in [1.165, 1.54) is 0 Å². The molecular weight excluding hydrogens is 338 g/mol. The van der Waals surface area contributed by atoms with Crippen LogP contribution in [0.2, 0.25) is 0 Å². The summed E-state index contributed by atoms with van der Waals surface area (Å²) in [5.74, 6) is -1.27. The zero-order valence-corrected chi connectivity index (χ0v) is 13.1. The summed E-state index contributed by atoms with van der Waals surface area (Å²) >= 11 is 3.34. The summed E-state index contributed by atoms with van der Waals surface area (Å²) in [6.07, 6.45) is 1.51. The molecule has 1 amide bonds. The monoisotopic (exact) mass is 355 g/mol. The molecule has 0 bridgehead atoms. The van der Waals surface area contributed by atoms with Gasteiger partial charge >= 0.3 is 5.97 Å². The highest BCUT2D eigenvalue weighted by atomic mass is 79.9. The first-order valence-electron chi connectivity index (χ1n) is 6.91. The minimum Gasteiger partial charge on any atom is -0.481 e. The topological polar surface area (TPSA) is 75.6 Å². The van der Waals surface area contributed by atoms with Crippen molar-refractivity contribution < 1.29 is 19.4 Å². The molecule has 5 nitrogen and oxygen atoms in total. The minimum absolute atomic E-state index is 0.135. The van der Waals surface area contributed by atoms with Gasteiger partial charge in [0, 0.05) is 11.1 Å². The standard InChI is InChI=1S/C15H18BrNO4/c16-12-5-3-10(4-6-12)13(8-14(18)19)17-15(20)11-2-1-7-21-9-11/h3-6,11,13H,1-2,7-9H2,(H,17,20)(H,18,19)/t11-,13-/m1/s1. The van der Waals surface area contributed by atoms with Crippen molar-refractivity contribution in [3.8, 4) is 0 Å². The largest absolute Gasteiger partial charge is 0.481 e. The smallest absolute Gasteiger partial charge is 0.305 e. The van der Waals surface area contributed by atoms with Crippen LogP contribution in [-0.4, -0.2) is 30.2 Å². The molecule has 0 radical (unpaired) electrons. The van der Waals surface area contributed by atoms with Crippen LogP contribution >= 0.6 is 15.9 Å². The van der Waals surface area contributed by atoms with E-state index in [-0.39, 0.29) is 18.2 Å². The Kier molecular flexibility index (Phi) is 5.76. The van der Waals surface area contributed by atoms with Crippen LogP contribution in [0.15, 0.2) is 28.7 Å². The molecule has 21 heavy (non-hydrogen) atoms. The van der Waals surface area contributed by atoms with Gasteiger partial charge in [0.1, 0.15) is 0 Å². The maximum absolute atomic E-state index is 12.2. The number of benzene rings is 1. The van der Waals surface area contributed by atoms with Crippen molar-refractivity contribution in [3.05, 3.63) is 34.3 Å². The molecular formula is C15H18BrNO4. The molecule has 1 aliphatic rings. The number of rotatable bonds is 5. The van der Waals surface area contributed by atoms with Crippen molar-refractivity contribution in [1.29, 1.82) is 0 Å². The summed E-state index contributed by atoms with van der Waals surface area (Å²) in [5.41, 5.74) is 0.783. The highest BCUT2D eigenvalue weighted by molar-refractivity contribution is 9.10. The number of carboxylic acid groups (broad SMARTS) is 1. The molecule has 2 N–H and O–H groups in total. The molecule has 1 aromatic carbocycles. The van der Waals surface area contributed by atoms with Crippen LogP contribution in [0.3, 0.4) is 0 Å². The quantitative estimate of drug-likeness (QED) is 0.850. The first-order valence-corrected chi connectivity index (χ1v) is 7.71. The Bertz CT molecular complexity index is 497. The Morgan fingerprint density at radius 2 is 2.10 bits per heavy atom. The van der Waals surface area contributed by atoms with Gasteiger partial charge in [0.2, 0.25) is 5.91 Å². The molecule has 0 unspecified atom stereocenters. The fourth-order valence-corrected chi connectivity index (χ4v) is 2.62. The van der Waals surface area contributed by atoms with Crippen LogP contribution in [0, 0.1) is 5.92 Å². The Balaban J connectivity index is 2.06.